The van der Waals surface area contributed by atoms with Crippen LogP contribution in [0.1, 0.15) is 22.2 Å². The molecular weight excluding hydrogens is 402 g/mol. The SMILES string of the molecule is CCOc1ccc(OCC(=O)Nc2sc(C)c(-c3ccccc3)c2C(=O)OC)cc1. The van der Waals surface area contributed by atoms with Crippen molar-refractivity contribution in [2.45, 2.75) is 13.8 Å². The number of hydrogen-bond donors (Lipinski definition) is 1. The summed E-state index contributed by atoms with van der Waals surface area (Å²) in [7, 11) is 1.32. The van der Waals surface area contributed by atoms with Crippen molar-refractivity contribution in [3.05, 3.63) is 65.0 Å². The first-order chi connectivity index (χ1) is 14.5. The molecule has 0 fully saturated rings. The second kappa shape index (κ2) is 9.93. The molecule has 3 aromatic rings. The van der Waals surface area contributed by atoms with E-state index in [1.54, 1.807) is 24.3 Å². The number of esters is 1. The Kier molecular flexibility index (Phi) is 7.08. The molecule has 0 spiro atoms. The third-order valence-electron chi connectivity index (χ3n) is 4.29. The Morgan fingerprint density at radius 3 is 2.20 bits per heavy atom. The van der Waals surface area contributed by atoms with E-state index in [1.807, 2.05) is 44.2 Å². The lowest BCUT2D eigenvalue weighted by Gasteiger charge is -2.09. The maximum absolute atomic E-state index is 12.5. The average molecular weight is 426 g/mol. The number of carbonyl (C=O) groups excluding carboxylic acids is 2. The van der Waals surface area contributed by atoms with Crippen molar-refractivity contribution in [2.75, 3.05) is 25.6 Å². The van der Waals surface area contributed by atoms with E-state index >= 15 is 0 Å². The summed E-state index contributed by atoms with van der Waals surface area (Å²) in [6.07, 6.45) is 0. The van der Waals surface area contributed by atoms with Gasteiger partial charge in [-0.05, 0) is 43.7 Å². The summed E-state index contributed by atoms with van der Waals surface area (Å²) in [5.41, 5.74) is 1.99. The second-order valence-corrected chi connectivity index (χ2v) is 7.56. The molecule has 0 aliphatic rings. The minimum atomic E-state index is -0.499. The predicted molar refractivity (Wildman–Crippen MR) is 118 cm³/mol. The predicted octanol–water partition coefficient (Wildman–Crippen LogP) is 4.93. The van der Waals surface area contributed by atoms with Crippen LogP contribution < -0.4 is 14.8 Å². The molecule has 7 heteroatoms. The smallest absolute Gasteiger partial charge is 0.341 e. The van der Waals surface area contributed by atoms with Gasteiger partial charge in [-0.1, -0.05) is 30.3 Å². The Labute approximate surface area is 179 Å². The van der Waals surface area contributed by atoms with Crippen LogP contribution in [0.15, 0.2) is 54.6 Å². The zero-order chi connectivity index (χ0) is 21.5. The summed E-state index contributed by atoms with van der Waals surface area (Å²) in [5, 5.41) is 3.23. The molecule has 1 N–H and O–H groups in total. The van der Waals surface area contributed by atoms with Crippen LogP contribution in [0, 0.1) is 6.92 Å². The highest BCUT2D eigenvalue weighted by Gasteiger charge is 2.25. The minimum absolute atomic E-state index is 0.188. The molecule has 3 rings (SSSR count). The fraction of sp³-hybridized carbons (Fsp3) is 0.217. The van der Waals surface area contributed by atoms with Crippen molar-refractivity contribution in [3.8, 4) is 22.6 Å². The molecule has 0 aliphatic carbocycles. The number of carbonyl (C=O) groups is 2. The van der Waals surface area contributed by atoms with Crippen LogP contribution in [0.2, 0.25) is 0 Å². The van der Waals surface area contributed by atoms with Gasteiger partial charge < -0.3 is 19.5 Å². The maximum atomic E-state index is 12.5. The molecule has 2 aromatic carbocycles. The van der Waals surface area contributed by atoms with Crippen molar-refractivity contribution in [1.82, 2.24) is 0 Å². The molecule has 30 heavy (non-hydrogen) atoms. The van der Waals surface area contributed by atoms with Gasteiger partial charge in [-0.3, -0.25) is 4.79 Å². The third-order valence-corrected chi connectivity index (χ3v) is 5.31. The Bertz CT molecular complexity index is 1010. The zero-order valence-electron chi connectivity index (χ0n) is 17.1. The monoisotopic (exact) mass is 425 g/mol. The first-order valence-electron chi connectivity index (χ1n) is 9.46. The normalized spacial score (nSPS) is 10.4. The molecule has 0 bridgehead atoms. The summed E-state index contributed by atoms with van der Waals surface area (Å²) in [6.45, 7) is 4.21. The van der Waals surface area contributed by atoms with Gasteiger partial charge in [0.1, 0.15) is 22.1 Å². The molecule has 0 radical (unpaired) electrons. The van der Waals surface area contributed by atoms with E-state index in [1.165, 1.54) is 18.4 Å². The van der Waals surface area contributed by atoms with Crippen LogP contribution in [-0.2, 0) is 9.53 Å². The minimum Gasteiger partial charge on any atom is -0.494 e. The topological polar surface area (TPSA) is 73.9 Å². The highest BCUT2D eigenvalue weighted by atomic mass is 32.1. The number of nitrogens with one attached hydrogen (secondary N) is 1. The lowest BCUT2D eigenvalue weighted by molar-refractivity contribution is -0.118. The summed E-state index contributed by atoms with van der Waals surface area (Å²) in [5.74, 6) is 0.421. The first kappa shape index (κ1) is 21.4. The highest BCUT2D eigenvalue weighted by Crippen LogP contribution is 2.40. The van der Waals surface area contributed by atoms with Crippen molar-refractivity contribution >= 4 is 28.2 Å². The highest BCUT2D eigenvalue weighted by molar-refractivity contribution is 7.17. The van der Waals surface area contributed by atoms with Crippen molar-refractivity contribution < 1.29 is 23.8 Å². The number of anilines is 1. The summed E-state index contributed by atoms with van der Waals surface area (Å²) in [6, 6.07) is 16.6. The van der Waals surface area contributed by atoms with E-state index < -0.39 is 5.97 Å². The third kappa shape index (κ3) is 4.99. The number of thiophene rings is 1. The fourth-order valence-electron chi connectivity index (χ4n) is 2.99. The van der Waals surface area contributed by atoms with Gasteiger partial charge in [-0.2, -0.15) is 0 Å². The summed E-state index contributed by atoms with van der Waals surface area (Å²) < 4.78 is 15.9. The molecule has 0 saturated heterocycles. The Balaban J connectivity index is 1.75. The van der Waals surface area contributed by atoms with E-state index in [4.69, 9.17) is 14.2 Å². The van der Waals surface area contributed by atoms with Gasteiger partial charge in [0.25, 0.3) is 5.91 Å². The molecule has 0 aliphatic heterocycles. The van der Waals surface area contributed by atoms with Crippen molar-refractivity contribution in [3.63, 3.8) is 0 Å². The molecule has 1 heterocycles. The van der Waals surface area contributed by atoms with Gasteiger partial charge >= 0.3 is 5.97 Å². The largest absolute Gasteiger partial charge is 0.494 e. The number of ether oxygens (including phenoxy) is 3. The Hall–Kier alpha value is -3.32. The van der Waals surface area contributed by atoms with Gasteiger partial charge in [0, 0.05) is 10.4 Å². The molecule has 0 saturated carbocycles. The Morgan fingerprint density at radius 1 is 0.967 bits per heavy atom. The van der Waals surface area contributed by atoms with Crippen LogP contribution in [0.4, 0.5) is 5.00 Å². The van der Waals surface area contributed by atoms with E-state index in [9.17, 15) is 9.59 Å². The van der Waals surface area contributed by atoms with Crippen LogP contribution in [0.25, 0.3) is 11.1 Å². The van der Waals surface area contributed by atoms with Gasteiger partial charge in [0.2, 0.25) is 0 Å². The number of benzene rings is 2. The summed E-state index contributed by atoms with van der Waals surface area (Å²) in [4.78, 5) is 25.9. The van der Waals surface area contributed by atoms with E-state index in [-0.39, 0.29) is 12.5 Å². The molecule has 0 unspecified atom stereocenters. The van der Waals surface area contributed by atoms with Crippen LogP contribution >= 0.6 is 11.3 Å². The molecule has 6 nitrogen and oxygen atoms in total. The Morgan fingerprint density at radius 2 is 1.60 bits per heavy atom. The summed E-state index contributed by atoms with van der Waals surface area (Å²) >= 11 is 1.33. The van der Waals surface area contributed by atoms with E-state index in [0.29, 0.717) is 22.9 Å². The number of methoxy groups -OCH3 is 1. The molecule has 156 valence electrons. The lowest BCUT2D eigenvalue weighted by Crippen LogP contribution is -2.21. The fourth-order valence-corrected chi connectivity index (χ4v) is 4.07. The maximum Gasteiger partial charge on any atom is 0.341 e. The van der Waals surface area contributed by atoms with E-state index in [2.05, 4.69) is 5.32 Å². The standard InChI is InChI=1S/C23H23NO5S/c1-4-28-17-10-12-18(13-11-17)29-14-19(25)24-22-21(23(26)27-3)20(15(2)30-22)16-8-6-5-7-9-16/h5-13H,4,14H2,1-3H3,(H,24,25). The lowest BCUT2D eigenvalue weighted by atomic mass is 10.0. The second-order valence-electron chi connectivity index (χ2n) is 6.34. The molecule has 1 amide bonds. The zero-order valence-corrected chi connectivity index (χ0v) is 17.9. The van der Waals surface area contributed by atoms with Crippen LogP contribution in [-0.4, -0.2) is 32.2 Å². The van der Waals surface area contributed by atoms with Gasteiger partial charge in [-0.25, -0.2) is 4.79 Å². The number of amides is 1. The van der Waals surface area contributed by atoms with Crippen molar-refractivity contribution in [2.24, 2.45) is 0 Å². The average Bonchev–Trinajstić information content (AvgIpc) is 3.09. The molecule has 0 atom stereocenters. The van der Waals surface area contributed by atoms with Crippen molar-refractivity contribution in [1.29, 1.82) is 0 Å². The first-order valence-corrected chi connectivity index (χ1v) is 10.3. The molecule has 1 aromatic heterocycles. The van der Waals surface area contributed by atoms with E-state index in [0.717, 1.165) is 21.8 Å². The van der Waals surface area contributed by atoms with Crippen LogP contribution in [0.5, 0.6) is 11.5 Å². The van der Waals surface area contributed by atoms with Crippen LogP contribution in [0.3, 0.4) is 0 Å². The van der Waals surface area contributed by atoms with Gasteiger partial charge in [-0.15, -0.1) is 11.3 Å². The van der Waals surface area contributed by atoms with Gasteiger partial charge in [0.05, 0.1) is 13.7 Å². The number of hydrogen-bond acceptors (Lipinski definition) is 6. The quantitative estimate of drug-likeness (QED) is 0.518. The molecular formula is C23H23NO5S. The number of rotatable bonds is 8. The van der Waals surface area contributed by atoms with Gasteiger partial charge in [0.15, 0.2) is 6.61 Å². The number of aryl methyl sites for hydroxylation is 1.